The summed E-state index contributed by atoms with van der Waals surface area (Å²) in [6.45, 7) is 1.63. The molecule has 1 fully saturated rings. The van der Waals surface area contributed by atoms with Crippen LogP contribution in [0.1, 0.15) is 39.6 Å². The van der Waals surface area contributed by atoms with Crippen LogP contribution in [0.4, 0.5) is 5.82 Å². The molecule has 11 nitrogen and oxygen atoms in total. The number of likely N-dealkylation sites (N-methyl/N-ethyl adjacent to an activating group) is 1. The standard InChI is InChI=1S/C24H30ClN7O4S.ClH/c1-31(2)24(36)13-4-6-15(27-20(33)21(34)30-19-7-5-14(25)11-26-19)17(10-13)28-22(35)23-29-16-8-9-32(3)12-18(16)37-23;/h5,7,11,13,15,17H,4,6,8-10,12H2,1-3H3,(H,27,33)(H,28,35)(H,26,30,34);1H/t13-,15-,17+;/m0./s1. The summed E-state index contributed by atoms with van der Waals surface area (Å²) in [5.41, 5.74) is 0.940. The fourth-order valence-corrected chi connectivity index (χ4v) is 5.80. The Morgan fingerprint density at radius 2 is 1.87 bits per heavy atom. The number of anilines is 1. The molecule has 4 rings (SSSR count). The first kappa shape index (κ1) is 29.8. The van der Waals surface area contributed by atoms with Crippen LogP contribution in [0, 0.1) is 5.92 Å². The van der Waals surface area contributed by atoms with Crippen molar-refractivity contribution in [2.24, 2.45) is 5.92 Å². The number of fused-ring (bicyclic) bond motifs is 1. The Labute approximate surface area is 236 Å². The highest BCUT2D eigenvalue weighted by molar-refractivity contribution is 7.13. The number of rotatable bonds is 5. The Balaban J connectivity index is 0.00000400. The van der Waals surface area contributed by atoms with Crippen molar-refractivity contribution in [2.45, 2.75) is 44.3 Å². The smallest absolute Gasteiger partial charge is 0.314 e. The van der Waals surface area contributed by atoms with Gasteiger partial charge in [-0.1, -0.05) is 11.6 Å². The summed E-state index contributed by atoms with van der Waals surface area (Å²) >= 11 is 7.17. The number of hydrogen-bond donors (Lipinski definition) is 3. The van der Waals surface area contributed by atoms with Gasteiger partial charge in [-0.15, -0.1) is 23.7 Å². The van der Waals surface area contributed by atoms with Crippen LogP contribution in [0.3, 0.4) is 0 Å². The Kier molecular flexibility index (Phi) is 10.0. The second kappa shape index (κ2) is 12.8. The quantitative estimate of drug-likeness (QED) is 0.456. The van der Waals surface area contributed by atoms with Gasteiger partial charge in [0.25, 0.3) is 5.91 Å². The van der Waals surface area contributed by atoms with Crippen LogP contribution in [-0.2, 0) is 27.3 Å². The molecule has 0 radical (unpaired) electrons. The first-order chi connectivity index (χ1) is 17.6. The van der Waals surface area contributed by atoms with Crippen LogP contribution >= 0.6 is 35.3 Å². The minimum absolute atomic E-state index is 0. The van der Waals surface area contributed by atoms with Gasteiger partial charge in [-0.25, -0.2) is 9.97 Å². The summed E-state index contributed by atoms with van der Waals surface area (Å²) in [5.74, 6) is -2.25. The van der Waals surface area contributed by atoms with Crippen molar-refractivity contribution in [3.63, 3.8) is 0 Å². The lowest BCUT2D eigenvalue weighted by atomic mass is 9.81. The van der Waals surface area contributed by atoms with Crippen molar-refractivity contribution in [1.82, 2.24) is 30.4 Å². The molecule has 1 aliphatic carbocycles. The van der Waals surface area contributed by atoms with Gasteiger partial charge in [-0.3, -0.25) is 19.2 Å². The molecule has 2 aromatic rings. The monoisotopic (exact) mass is 583 g/mol. The lowest BCUT2D eigenvalue weighted by molar-refractivity contribution is -0.137. The average Bonchev–Trinajstić information content (AvgIpc) is 3.29. The van der Waals surface area contributed by atoms with E-state index in [2.05, 4.69) is 30.8 Å². The van der Waals surface area contributed by atoms with Crippen LogP contribution < -0.4 is 16.0 Å². The SMILES string of the molecule is CN1CCc2nc(C(=O)N[C@@H]3C[C@@H](C(=O)N(C)C)CC[C@@H]3NC(=O)C(=O)Nc3ccc(Cl)cn3)sc2C1.Cl. The number of aromatic nitrogens is 2. The van der Waals surface area contributed by atoms with Gasteiger partial charge in [0, 0.05) is 56.6 Å². The Bertz CT molecular complexity index is 1190. The molecule has 0 saturated heterocycles. The molecule has 0 spiro atoms. The molecule has 2 aliphatic rings. The van der Waals surface area contributed by atoms with E-state index < -0.39 is 23.9 Å². The number of hydrogen-bond acceptors (Lipinski definition) is 8. The first-order valence-electron chi connectivity index (χ1n) is 12.0. The number of halogens is 2. The van der Waals surface area contributed by atoms with Gasteiger partial charge in [-0.2, -0.15) is 0 Å². The van der Waals surface area contributed by atoms with Crippen molar-refractivity contribution in [2.75, 3.05) is 33.0 Å². The predicted octanol–water partition coefficient (Wildman–Crippen LogP) is 1.71. The van der Waals surface area contributed by atoms with Crippen LogP contribution in [0.2, 0.25) is 5.02 Å². The summed E-state index contributed by atoms with van der Waals surface area (Å²) in [5, 5.41) is 8.91. The number of carbonyl (C=O) groups excluding carboxylic acids is 4. The molecule has 38 heavy (non-hydrogen) atoms. The Morgan fingerprint density at radius 1 is 1.11 bits per heavy atom. The van der Waals surface area contributed by atoms with Gasteiger partial charge < -0.3 is 25.8 Å². The fourth-order valence-electron chi connectivity index (χ4n) is 4.60. The van der Waals surface area contributed by atoms with E-state index in [1.54, 1.807) is 20.2 Å². The molecule has 2 aromatic heterocycles. The maximum atomic E-state index is 13.2. The van der Waals surface area contributed by atoms with E-state index >= 15 is 0 Å². The van der Waals surface area contributed by atoms with Gasteiger partial charge in [-0.05, 0) is 38.4 Å². The van der Waals surface area contributed by atoms with Gasteiger partial charge >= 0.3 is 11.8 Å². The third-order valence-electron chi connectivity index (χ3n) is 6.56. The molecule has 1 aliphatic heterocycles. The molecule has 3 atom stereocenters. The lowest BCUT2D eigenvalue weighted by Gasteiger charge is -2.37. The number of thiazole rings is 1. The van der Waals surface area contributed by atoms with E-state index in [1.807, 2.05) is 7.05 Å². The average molecular weight is 585 g/mol. The molecule has 0 aromatic carbocycles. The highest BCUT2D eigenvalue weighted by atomic mass is 35.5. The van der Waals surface area contributed by atoms with Crippen molar-refractivity contribution < 1.29 is 19.2 Å². The van der Waals surface area contributed by atoms with Gasteiger partial charge in [0.2, 0.25) is 5.91 Å². The topological polar surface area (TPSA) is 137 Å². The number of carbonyl (C=O) groups is 4. The number of nitrogens with one attached hydrogen (secondary N) is 3. The minimum atomic E-state index is -0.886. The Morgan fingerprint density at radius 3 is 2.55 bits per heavy atom. The molecule has 206 valence electrons. The summed E-state index contributed by atoms with van der Waals surface area (Å²) in [6.07, 6.45) is 3.42. The number of pyridine rings is 1. The second-order valence-electron chi connectivity index (χ2n) is 9.60. The zero-order valence-corrected chi connectivity index (χ0v) is 23.7. The first-order valence-corrected chi connectivity index (χ1v) is 13.2. The predicted molar refractivity (Wildman–Crippen MR) is 146 cm³/mol. The Hall–Kier alpha value is -2.80. The highest BCUT2D eigenvalue weighted by Gasteiger charge is 2.37. The lowest BCUT2D eigenvalue weighted by Crippen LogP contribution is -2.57. The number of nitrogens with zero attached hydrogens (tertiary/aromatic N) is 4. The van der Waals surface area contributed by atoms with Crippen molar-refractivity contribution in [1.29, 1.82) is 0 Å². The third-order valence-corrected chi connectivity index (χ3v) is 7.87. The molecule has 1 saturated carbocycles. The van der Waals surface area contributed by atoms with Crippen molar-refractivity contribution in [3.05, 3.63) is 38.9 Å². The molecule has 3 N–H and O–H groups in total. The van der Waals surface area contributed by atoms with Crippen LogP contribution in [0.25, 0.3) is 0 Å². The molecule has 0 bridgehead atoms. The minimum Gasteiger partial charge on any atom is -0.349 e. The maximum absolute atomic E-state index is 13.2. The van der Waals surface area contributed by atoms with Gasteiger partial charge in [0.05, 0.1) is 16.8 Å². The third kappa shape index (κ3) is 7.19. The molecular formula is C24H31Cl2N7O4S. The highest BCUT2D eigenvalue weighted by Crippen LogP contribution is 2.28. The molecule has 4 amide bonds. The van der Waals surface area contributed by atoms with E-state index in [0.717, 1.165) is 30.1 Å². The van der Waals surface area contributed by atoms with E-state index in [9.17, 15) is 19.2 Å². The summed E-state index contributed by atoms with van der Waals surface area (Å²) in [4.78, 5) is 64.3. The normalized spacial score (nSPS) is 20.9. The zero-order valence-electron chi connectivity index (χ0n) is 21.3. The van der Waals surface area contributed by atoms with Crippen LogP contribution in [0.5, 0.6) is 0 Å². The van der Waals surface area contributed by atoms with E-state index in [0.29, 0.717) is 29.3 Å². The fraction of sp³-hybridized carbons (Fsp3) is 0.500. The largest absolute Gasteiger partial charge is 0.349 e. The number of amides is 4. The van der Waals surface area contributed by atoms with E-state index in [4.69, 9.17) is 11.6 Å². The summed E-state index contributed by atoms with van der Waals surface area (Å²) < 4.78 is 0. The second-order valence-corrected chi connectivity index (χ2v) is 11.1. The maximum Gasteiger partial charge on any atom is 0.314 e. The zero-order chi connectivity index (χ0) is 26.7. The summed E-state index contributed by atoms with van der Waals surface area (Å²) in [6, 6.07) is 1.95. The summed E-state index contributed by atoms with van der Waals surface area (Å²) in [7, 11) is 5.41. The van der Waals surface area contributed by atoms with Crippen molar-refractivity contribution >= 4 is 64.8 Å². The molecule has 3 heterocycles. The van der Waals surface area contributed by atoms with Crippen molar-refractivity contribution in [3.8, 4) is 0 Å². The van der Waals surface area contributed by atoms with E-state index in [1.165, 1.54) is 28.5 Å². The van der Waals surface area contributed by atoms with Gasteiger partial charge in [0.1, 0.15) is 5.82 Å². The van der Waals surface area contributed by atoms with Crippen LogP contribution in [-0.4, -0.2) is 83.2 Å². The molecule has 14 heteroatoms. The van der Waals surface area contributed by atoms with E-state index in [-0.39, 0.29) is 36.0 Å². The van der Waals surface area contributed by atoms with Crippen LogP contribution in [0.15, 0.2) is 18.3 Å². The van der Waals surface area contributed by atoms with Gasteiger partial charge in [0.15, 0.2) is 5.01 Å². The molecule has 0 unspecified atom stereocenters. The molecular weight excluding hydrogens is 553 g/mol.